The molecule has 1 rings (SSSR count). The molecule has 6 heteroatoms. The summed E-state index contributed by atoms with van der Waals surface area (Å²) in [7, 11) is 1.59. The highest BCUT2D eigenvalue weighted by molar-refractivity contribution is 5.79. The van der Waals surface area contributed by atoms with Crippen LogP contribution in [0.15, 0.2) is 18.2 Å². The molecule has 0 atom stereocenters. The lowest BCUT2D eigenvalue weighted by molar-refractivity contribution is -0.124. The Kier molecular flexibility index (Phi) is 11.8. The van der Waals surface area contributed by atoms with E-state index in [1.165, 1.54) is 0 Å². The van der Waals surface area contributed by atoms with Gasteiger partial charge in [0.25, 0.3) is 0 Å². The van der Waals surface area contributed by atoms with E-state index in [-0.39, 0.29) is 11.8 Å². The number of hydrogen-bond acceptors (Lipinski definition) is 4. The molecular weight excluding hydrogens is 368 g/mol. The summed E-state index contributed by atoms with van der Waals surface area (Å²) >= 11 is 0. The molecule has 1 aromatic rings. The zero-order valence-corrected chi connectivity index (χ0v) is 18.7. The van der Waals surface area contributed by atoms with Crippen LogP contribution in [-0.4, -0.2) is 25.5 Å². The van der Waals surface area contributed by atoms with Gasteiger partial charge in [0.1, 0.15) is 6.17 Å². The van der Waals surface area contributed by atoms with Crippen LogP contribution in [0.4, 0.5) is 0 Å². The summed E-state index contributed by atoms with van der Waals surface area (Å²) in [6.07, 6.45) is 4.74. The van der Waals surface area contributed by atoms with Crippen molar-refractivity contribution in [2.45, 2.75) is 78.8 Å². The molecule has 0 aliphatic rings. The first-order valence-electron chi connectivity index (χ1n) is 10.8. The van der Waals surface area contributed by atoms with Crippen LogP contribution in [0.2, 0.25) is 0 Å². The van der Waals surface area contributed by atoms with Gasteiger partial charge in [-0.1, -0.05) is 46.6 Å². The number of hydrogen-bond donors (Lipinski definition) is 2. The van der Waals surface area contributed by atoms with Crippen LogP contribution < -0.4 is 20.1 Å². The normalized spacial score (nSPS) is 10.9. The van der Waals surface area contributed by atoms with Gasteiger partial charge < -0.3 is 20.1 Å². The minimum atomic E-state index is -0.595. The Bertz CT molecular complexity index is 609. The number of amides is 2. The number of benzene rings is 1. The summed E-state index contributed by atoms with van der Waals surface area (Å²) in [5.74, 6) is 1.64. The summed E-state index contributed by atoms with van der Waals surface area (Å²) in [6.45, 7) is 8.99. The Hall–Kier alpha value is -2.24. The second kappa shape index (κ2) is 13.9. The molecule has 0 bridgehead atoms. The molecule has 0 fully saturated rings. The van der Waals surface area contributed by atoms with Gasteiger partial charge in [0.05, 0.1) is 13.7 Å². The Morgan fingerprint density at radius 2 is 1.55 bits per heavy atom. The van der Waals surface area contributed by atoms with E-state index in [0.717, 1.165) is 37.7 Å². The molecule has 0 saturated carbocycles. The van der Waals surface area contributed by atoms with E-state index >= 15 is 0 Å². The number of nitrogens with one attached hydrogen (secondary N) is 2. The van der Waals surface area contributed by atoms with E-state index in [4.69, 9.17) is 9.47 Å². The average Bonchev–Trinajstić information content (AvgIpc) is 2.70. The first-order chi connectivity index (χ1) is 13.9. The third-order valence-corrected chi connectivity index (χ3v) is 4.60. The summed E-state index contributed by atoms with van der Waals surface area (Å²) in [4.78, 5) is 24.6. The lowest BCUT2D eigenvalue weighted by atomic mass is 10.1. The molecule has 2 N–H and O–H groups in total. The number of carbonyl (C=O) groups excluding carboxylic acids is 2. The monoisotopic (exact) mass is 406 g/mol. The van der Waals surface area contributed by atoms with Crippen LogP contribution in [0.3, 0.4) is 0 Å². The quantitative estimate of drug-likeness (QED) is 0.438. The van der Waals surface area contributed by atoms with Gasteiger partial charge in [-0.15, -0.1) is 0 Å². The molecular formula is C23H38N2O4. The van der Waals surface area contributed by atoms with Crippen LogP contribution in [0.5, 0.6) is 11.5 Å². The van der Waals surface area contributed by atoms with Crippen molar-refractivity contribution in [3.8, 4) is 11.5 Å². The summed E-state index contributed by atoms with van der Waals surface area (Å²) in [5.41, 5.74) is 0.757. The number of ether oxygens (including phenoxy) is 2. The molecule has 0 unspecified atom stereocenters. The van der Waals surface area contributed by atoms with Crippen LogP contribution in [-0.2, 0) is 9.59 Å². The first kappa shape index (κ1) is 24.8. The van der Waals surface area contributed by atoms with E-state index in [2.05, 4.69) is 24.5 Å². The lowest BCUT2D eigenvalue weighted by Gasteiger charge is -2.22. The van der Waals surface area contributed by atoms with Gasteiger partial charge in [0.15, 0.2) is 11.5 Å². The Labute approximate surface area is 175 Å². The predicted octanol–water partition coefficient (Wildman–Crippen LogP) is 4.73. The fourth-order valence-corrected chi connectivity index (χ4v) is 2.73. The summed E-state index contributed by atoms with van der Waals surface area (Å²) in [5, 5.41) is 5.87. The second-order valence-corrected chi connectivity index (χ2v) is 7.72. The minimum absolute atomic E-state index is 0.0798. The topological polar surface area (TPSA) is 76.7 Å². The van der Waals surface area contributed by atoms with Crippen molar-refractivity contribution in [3.63, 3.8) is 0 Å². The Morgan fingerprint density at radius 3 is 2.03 bits per heavy atom. The smallest absolute Gasteiger partial charge is 0.221 e. The largest absolute Gasteiger partial charge is 0.493 e. The SMILES string of the molecule is CCCCC(=O)NC(NC(=O)CCCC)c1ccc(OCCC(C)C)c(OC)c1. The zero-order valence-electron chi connectivity index (χ0n) is 18.7. The van der Waals surface area contributed by atoms with Crippen molar-refractivity contribution in [1.29, 1.82) is 0 Å². The van der Waals surface area contributed by atoms with E-state index in [0.29, 0.717) is 36.9 Å². The molecule has 0 heterocycles. The molecule has 0 aliphatic carbocycles. The number of rotatable bonds is 14. The second-order valence-electron chi connectivity index (χ2n) is 7.72. The third kappa shape index (κ3) is 9.68. The van der Waals surface area contributed by atoms with Crippen LogP contribution in [0.1, 0.15) is 84.4 Å². The van der Waals surface area contributed by atoms with Gasteiger partial charge >= 0.3 is 0 Å². The van der Waals surface area contributed by atoms with Gasteiger partial charge in [-0.05, 0) is 42.9 Å². The molecule has 0 radical (unpaired) electrons. The molecule has 0 aromatic heterocycles. The molecule has 2 amide bonds. The highest BCUT2D eigenvalue weighted by Gasteiger charge is 2.19. The van der Waals surface area contributed by atoms with Crippen molar-refractivity contribution >= 4 is 11.8 Å². The van der Waals surface area contributed by atoms with Crippen LogP contribution >= 0.6 is 0 Å². The molecule has 0 saturated heterocycles. The lowest BCUT2D eigenvalue weighted by Crippen LogP contribution is -2.41. The Balaban J connectivity index is 2.96. The molecule has 6 nitrogen and oxygen atoms in total. The van der Waals surface area contributed by atoms with E-state index < -0.39 is 6.17 Å². The zero-order chi connectivity index (χ0) is 21.6. The minimum Gasteiger partial charge on any atom is -0.493 e. The Morgan fingerprint density at radius 1 is 0.966 bits per heavy atom. The number of methoxy groups -OCH3 is 1. The van der Waals surface area contributed by atoms with Crippen molar-refractivity contribution in [1.82, 2.24) is 10.6 Å². The fourth-order valence-electron chi connectivity index (χ4n) is 2.73. The average molecular weight is 407 g/mol. The van der Waals surface area contributed by atoms with E-state index in [1.54, 1.807) is 7.11 Å². The van der Waals surface area contributed by atoms with Crippen molar-refractivity contribution < 1.29 is 19.1 Å². The molecule has 0 spiro atoms. The van der Waals surface area contributed by atoms with Gasteiger partial charge in [0.2, 0.25) is 11.8 Å². The summed E-state index contributed by atoms with van der Waals surface area (Å²) < 4.78 is 11.3. The van der Waals surface area contributed by atoms with Gasteiger partial charge in [-0.2, -0.15) is 0 Å². The molecule has 1 aromatic carbocycles. The maximum atomic E-state index is 12.3. The highest BCUT2D eigenvalue weighted by Crippen LogP contribution is 2.30. The van der Waals surface area contributed by atoms with Crippen molar-refractivity contribution in [3.05, 3.63) is 23.8 Å². The van der Waals surface area contributed by atoms with Gasteiger partial charge in [0, 0.05) is 12.8 Å². The highest BCUT2D eigenvalue weighted by atomic mass is 16.5. The maximum Gasteiger partial charge on any atom is 0.221 e. The molecule has 29 heavy (non-hydrogen) atoms. The van der Waals surface area contributed by atoms with E-state index in [1.807, 2.05) is 32.0 Å². The fraction of sp³-hybridized carbons (Fsp3) is 0.652. The third-order valence-electron chi connectivity index (χ3n) is 4.60. The molecule has 0 aliphatic heterocycles. The number of unbranched alkanes of at least 4 members (excludes halogenated alkanes) is 2. The van der Waals surface area contributed by atoms with Crippen LogP contribution in [0.25, 0.3) is 0 Å². The van der Waals surface area contributed by atoms with Gasteiger partial charge in [-0.3, -0.25) is 9.59 Å². The van der Waals surface area contributed by atoms with E-state index in [9.17, 15) is 9.59 Å². The maximum absolute atomic E-state index is 12.3. The van der Waals surface area contributed by atoms with Crippen LogP contribution in [0, 0.1) is 5.92 Å². The van der Waals surface area contributed by atoms with Crippen molar-refractivity contribution in [2.75, 3.05) is 13.7 Å². The first-order valence-corrected chi connectivity index (χ1v) is 10.8. The van der Waals surface area contributed by atoms with Gasteiger partial charge in [-0.25, -0.2) is 0 Å². The predicted molar refractivity (Wildman–Crippen MR) is 116 cm³/mol. The number of carbonyl (C=O) groups is 2. The van der Waals surface area contributed by atoms with Crippen molar-refractivity contribution in [2.24, 2.45) is 5.92 Å². The molecule has 164 valence electrons. The summed E-state index contributed by atoms with van der Waals surface area (Å²) in [6, 6.07) is 5.51. The standard InChI is InChI=1S/C23H38N2O4/c1-6-8-10-21(26)24-23(25-22(27)11-9-7-2)18-12-13-19(20(16-18)28-5)29-15-14-17(3)4/h12-13,16-17,23H,6-11,14-15H2,1-5H3,(H,24,26)(H,25,27).